The van der Waals surface area contributed by atoms with Crippen molar-refractivity contribution < 1.29 is 24.5 Å². The van der Waals surface area contributed by atoms with E-state index in [4.69, 9.17) is 10.2 Å². The molecule has 0 bridgehead atoms. The van der Waals surface area contributed by atoms with Crippen molar-refractivity contribution in [3.63, 3.8) is 0 Å². The molecular weight excluding hydrogens is 163 g/mol. The number of hydrogen-bond donors (Lipinski definition) is 2. The second-order valence-electron chi connectivity index (χ2n) is 1.39. The average Bonchev–Trinajstić information content (AvgIpc) is 1.97. The number of aliphatic hydroxyl groups excluding tert-OH is 2. The monoisotopic (exact) mass is 174 g/mol. The van der Waals surface area contributed by atoms with Crippen LogP contribution < -0.4 is 0 Å². The first-order valence-electron chi connectivity index (χ1n) is 2.82. The number of hydrogen-bond acceptors (Lipinski definition) is 5. The predicted octanol–water partition coefficient (Wildman–Crippen LogP) is -1.52. The molecule has 0 saturated heterocycles. The van der Waals surface area contributed by atoms with Crippen molar-refractivity contribution >= 4 is 35.7 Å². The van der Waals surface area contributed by atoms with E-state index < -0.39 is 6.16 Å². The van der Waals surface area contributed by atoms with Gasteiger partial charge in [0.25, 0.3) is 0 Å². The Labute approximate surface area is 86.6 Å². The maximum absolute atomic E-state index is 10.3. The second-order valence-corrected chi connectivity index (χ2v) is 1.39. The molecule has 0 aromatic rings. The molecule has 62 valence electrons. The van der Waals surface area contributed by atoms with Crippen molar-refractivity contribution in [3.8, 4) is 0 Å². The van der Waals surface area contributed by atoms with Crippen LogP contribution in [0.1, 0.15) is 0 Å². The molecule has 0 aliphatic heterocycles. The van der Waals surface area contributed by atoms with Gasteiger partial charge in [-0.2, -0.15) is 0 Å². The van der Waals surface area contributed by atoms with Gasteiger partial charge < -0.3 is 19.7 Å². The molecule has 2 N–H and O–H groups in total. The van der Waals surface area contributed by atoms with Gasteiger partial charge in [-0.3, -0.25) is 0 Å². The summed E-state index contributed by atoms with van der Waals surface area (Å²) in [6, 6.07) is 0. The van der Waals surface area contributed by atoms with Gasteiger partial charge in [0.05, 0.1) is 13.2 Å². The van der Waals surface area contributed by atoms with Crippen LogP contribution in [-0.4, -0.2) is 72.4 Å². The average molecular weight is 174 g/mol. The van der Waals surface area contributed by atoms with Crippen molar-refractivity contribution in [2.45, 2.75) is 0 Å². The predicted molar refractivity (Wildman–Crippen MR) is 38.6 cm³/mol. The molecule has 0 spiro atoms. The zero-order valence-corrected chi connectivity index (χ0v) is 5.45. The van der Waals surface area contributed by atoms with Crippen LogP contribution >= 0.6 is 0 Å². The third-order valence-electron chi connectivity index (χ3n) is 0.622. The van der Waals surface area contributed by atoms with Crippen molar-refractivity contribution in [2.75, 3.05) is 26.4 Å². The Bertz CT molecular complexity index is 86.9. The molecule has 0 aromatic carbocycles. The third-order valence-corrected chi connectivity index (χ3v) is 0.622. The normalized spacial score (nSPS) is 8.18. The van der Waals surface area contributed by atoms with E-state index in [0.29, 0.717) is 0 Å². The molecule has 11 heavy (non-hydrogen) atoms. The summed E-state index contributed by atoms with van der Waals surface area (Å²) in [5, 5.41) is 16.3. The topological polar surface area (TPSA) is 76.0 Å². The van der Waals surface area contributed by atoms with Crippen molar-refractivity contribution in [1.29, 1.82) is 0 Å². The van der Waals surface area contributed by atoms with E-state index in [-0.39, 0.29) is 56.0 Å². The van der Waals surface area contributed by atoms with Crippen LogP contribution in [0.3, 0.4) is 0 Å². The van der Waals surface area contributed by atoms with Gasteiger partial charge in [-0.25, -0.2) is 4.79 Å². The zero-order valence-electron chi connectivity index (χ0n) is 5.45. The first-order valence-corrected chi connectivity index (χ1v) is 2.82. The molecule has 0 amide bonds. The van der Waals surface area contributed by atoms with Gasteiger partial charge in [0.1, 0.15) is 13.2 Å². The molecule has 0 aliphatic rings. The van der Waals surface area contributed by atoms with Crippen molar-refractivity contribution in [3.05, 3.63) is 0 Å². The van der Waals surface area contributed by atoms with E-state index >= 15 is 0 Å². The first kappa shape index (κ1) is 13.8. The summed E-state index contributed by atoms with van der Waals surface area (Å²) >= 11 is 0. The summed E-state index contributed by atoms with van der Waals surface area (Å²) in [7, 11) is 0. The molecule has 0 saturated carbocycles. The van der Waals surface area contributed by atoms with Crippen molar-refractivity contribution in [1.82, 2.24) is 0 Å². The Morgan fingerprint density at radius 1 is 1.09 bits per heavy atom. The summed E-state index contributed by atoms with van der Waals surface area (Å²) in [6.45, 7) is -0.614. The fourth-order valence-corrected chi connectivity index (χ4v) is 0.300. The molecular formula is C5H11NaO5. The van der Waals surface area contributed by atoms with Crippen LogP contribution in [0.15, 0.2) is 0 Å². The van der Waals surface area contributed by atoms with E-state index in [1.165, 1.54) is 0 Å². The molecule has 0 radical (unpaired) electrons. The standard InChI is InChI=1S/C5H10O5.Na.H/c6-1-3-9-5(8)10-4-2-7;;/h6-7H,1-4H2;;. The van der Waals surface area contributed by atoms with Gasteiger partial charge in [0, 0.05) is 0 Å². The summed E-state index contributed by atoms with van der Waals surface area (Å²) in [5.41, 5.74) is 0. The third kappa shape index (κ3) is 10.2. The van der Waals surface area contributed by atoms with E-state index in [1.54, 1.807) is 0 Å². The minimum absolute atomic E-state index is 0. The minimum atomic E-state index is -0.872. The summed E-state index contributed by atoms with van der Waals surface area (Å²) < 4.78 is 8.54. The molecule has 0 heterocycles. The summed E-state index contributed by atoms with van der Waals surface area (Å²) in [5.74, 6) is 0. The number of rotatable bonds is 4. The quantitative estimate of drug-likeness (QED) is 0.399. The zero-order chi connectivity index (χ0) is 7.82. The Balaban J connectivity index is 0. The van der Waals surface area contributed by atoms with Crippen LogP contribution in [0, 0.1) is 0 Å². The molecule has 0 aromatic heterocycles. The number of aliphatic hydroxyl groups is 2. The van der Waals surface area contributed by atoms with E-state index in [0.717, 1.165) is 0 Å². The van der Waals surface area contributed by atoms with E-state index in [2.05, 4.69) is 9.47 Å². The van der Waals surface area contributed by atoms with Crippen LogP contribution in [0.25, 0.3) is 0 Å². The molecule has 0 rings (SSSR count). The molecule has 0 fully saturated rings. The molecule has 0 atom stereocenters. The molecule has 5 nitrogen and oxygen atoms in total. The van der Waals surface area contributed by atoms with Crippen LogP contribution in [0.4, 0.5) is 4.79 Å². The summed E-state index contributed by atoms with van der Waals surface area (Å²) in [6.07, 6.45) is -0.872. The number of ether oxygens (including phenoxy) is 2. The molecule has 6 heteroatoms. The molecule has 0 aliphatic carbocycles. The number of carbonyl (C=O) groups excluding carboxylic acids is 1. The fourth-order valence-electron chi connectivity index (χ4n) is 0.300. The van der Waals surface area contributed by atoms with Crippen molar-refractivity contribution in [2.24, 2.45) is 0 Å². The van der Waals surface area contributed by atoms with Gasteiger partial charge >= 0.3 is 35.7 Å². The van der Waals surface area contributed by atoms with Gasteiger partial charge in [0.2, 0.25) is 0 Å². The van der Waals surface area contributed by atoms with Gasteiger partial charge in [0.15, 0.2) is 0 Å². The SMILES string of the molecule is O=C(OCCO)OCCO.[NaH]. The Kier molecular flexibility index (Phi) is 12.7. The van der Waals surface area contributed by atoms with E-state index in [1.807, 2.05) is 0 Å². The Morgan fingerprint density at radius 3 is 1.73 bits per heavy atom. The Morgan fingerprint density at radius 2 is 1.45 bits per heavy atom. The number of carbonyl (C=O) groups is 1. The van der Waals surface area contributed by atoms with E-state index in [9.17, 15) is 4.79 Å². The second kappa shape index (κ2) is 10.2. The summed E-state index contributed by atoms with van der Waals surface area (Å²) in [4.78, 5) is 10.3. The van der Waals surface area contributed by atoms with Gasteiger partial charge in [-0.1, -0.05) is 0 Å². The van der Waals surface area contributed by atoms with Crippen LogP contribution in [0.2, 0.25) is 0 Å². The fraction of sp³-hybridized carbons (Fsp3) is 0.800. The first-order chi connectivity index (χ1) is 4.81. The Hall–Kier alpha value is 0.190. The van der Waals surface area contributed by atoms with Crippen LogP contribution in [-0.2, 0) is 9.47 Å². The van der Waals surface area contributed by atoms with Crippen LogP contribution in [0.5, 0.6) is 0 Å². The molecule has 0 unspecified atom stereocenters. The van der Waals surface area contributed by atoms with Gasteiger partial charge in [-0.05, 0) is 0 Å². The maximum atomic E-state index is 10.3. The van der Waals surface area contributed by atoms with Gasteiger partial charge in [-0.15, -0.1) is 0 Å².